The van der Waals surface area contributed by atoms with Gasteiger partial charge in [0.2, 0.25) is 5.91 Å². The number of hydrogen-bond donors (Lipinski definition) is 1. The molecule has 1 atom stereocenters. The lowest BCUT2D eigenvalue weighted by Crippen LogP contribution is -2.51. The molecule has 4 heteroatoms. The minimum atomic E-state index is 0.0514. The maximum Gasteiger partial charge on any atom is 0.240 e. The van der Waals surface area contributed by atoms with Gasteiger partial charge in [0.1, 0.15) is 0 Å². The Morgan fingerprint density at radius 2 is 2.53 bits per heavy atom. The van der Waals surface area contributed by atoms with Gasteiger partial charge in [0.05, 0.1) is 6.04 Å². The Morgan fingerprint density at radius 1 is 1.67 bits per heavy atom. The fourth-order valence-electron chi connectivity index (χ4n) is 1.92. The molecule has 0 aromatic carbocycles. The molecule has 0 spiro atoms. The maximum absolute atomic E-state index is 12.1. The van der Waals surface area contributed by atoms with E-state index in [1.165, 1.54) is 5.57 Å². The van der Waals surface area contributed by atoms with Gasteiger partial charge >= 0.3 is 0 Å². The molecule has 2 rings (SSSR count). The highest BCUT2D eigenvalue weighted by Crippen LogP contribution is 2.14. The van der Waals surface area contributed by atoms with E-state index in [0.29, 0.717) is 0 Å². The molecule has 1 fully saturated rings. The lowest BCUT2D eigenvalue weighted by atomic mass is 10.1. The third-order valence-electron chi connectivity index (χ3n) is 2.97. The molecule has 1 N–H and O–H groups in total. The predicted octanol–water partition coefficient (Wildman–Crippen LogP) is 0.870. The van der Waals surface area contributed by atoms with Crippen LogP contribution in [0.1, 0.15) is 13.3 Å². The van der Waals surface area contributed by atoms with E-state index in [-0.39, 0.29) is 11.9 Å². The van der Waals surface area contributed by atoms with Crippen LogP contribution in [0.15, 0.2) is 11.6 Å². The normalized spacial score (nSPS) is 27.4. The lowest BCUT2D eigenvalue weighted by molar-refractivity contribution is -0.132. The number of hydrogen-bond acceptors (Lipinski definition) is 3. The summed E-state index contributed by atoms with van der Waals surface area (Å²) in [6.07, 6.45) is 3.20. The first-order valence-corrected chi connectivity index (χ1v) is 6.68. The van der Waals surface area contributed by atoms with Crippen molar-refractivity contribution in [1.82, 2.24) is 10.2 Å². The zero-order chi connectivity index (χ0) is 10.7. The van der Waals surface area contributed by atoms with Gasteiger partial charge in [-0.25, -0.2) is 0 Å². The highest BCUT2D eigenvalue weighted by atomic mass is 32.2. The van der Waals surface area contributed by atoms with Crippen LogP contribution in [0.25, 0.3) is 0 Å². The fourth-order valence-corrected chi connectivity index (χ4v) is 2.84. The van der Waals surface area contributed by atoms with Gasteiger partial charge in [0.15, 0.2) is 0 Å². The molecular formula is C11H18N2OS. The molecule has 2 heterocycles. The number of carbonyl (C=O) groups is 1. The molecule has 3 nitrogen and oxygen atoms in total. The average molecular weight is 226 g/mol. The third-order valence-corrected chi connectivity index (χ3v) is 4.03. The largest absolute Gasteiger partial charge is 0.337 e. The van der Waals surface area contributed by atoms with Crippen molar-refractivity contribution in [3.8, 4) is 0 Å². The van der Waals surface area contributed by atoms with Crippen molar-refractivity contribution in [3.05, 3.63) is 11.6 Å². The van der Waals surface area contributed by atoms with Crippen LogP contribution in [-0.4, -0.2) is 48.0 Å². The summed E-state index contributed by atoms with van der Waals surface area (Å²) in [4.78, 5) is 14.0. The molecule has 2 aliphatic rings. The van der Waals surface area contributed by atoms with E-state index in [1.807, 2.05) is 16.7 Å². The number of amides is 1. The lowest BCUT2D eigenvalue weighted by Gasteiger charge is -2.31. The van der Waals surface area contributed by atoms with Gasteiger partial charge in [-0.15, -0.1) is 0 Å². The summed E-state index contributed by atoms with van der Waals surface area (Å²) in [5.41, 5.74) is 1.41. The summed E-state index contributed by atoms with van der Waals surface area (Å²) < 4.78 is 0. The van der Waals surface area contributed by atoms with E-state index >= 15 is 0 Å². The Kier molecular flexibility index (Phi) is 3.70. The van der Waals surface area contributed by atoms with Gasteiger partial charge in [-0.3, -0.25) is 4.79 Å². The van der Waals surface area contributed by atoms with Crippen molar-refractivity contribution in [2.75, 3.05) is 31.1 Å². The van der Waals surface area contributed by atoms with Crippen LogP contribution in [0.3, 0.4) is 0 Å². The average Bonchev–Trinajstić information content (AvgIpc) is 2.30. The summed E-state index contributed by atoms with van der Waals surface area (Å²) in [6.45, 7) is 4.79. The van der Waals surface area contributed by atoms with Crippen LogP contribution in [-0.2, 0) is 4.79 Å². The first-order valence-electron chi connectivity index (χ1n) is 5.53. The van der Waals surface area contributed by atoms with Gasteiger partial charge in [0, 0.05) is 31.1 Å². The van der Waals surface area contributed by atoms with Gasteiger partial charge in [-0.05, 0) is 13.3 Å². The van der Waals surface area contributed by atoms with Gasteiger partial charge < -0.3 is 10.2 Å². The molecule has 1 saturated heterocycles. The van der Waals surface area contributed by atoms with E-state index in [0.717, 1.165) is 37.6 Å². The van der Waals surface area contributed by atoms with Crippen molar-refractivity contribution in [2.24, 2.45) is 0 Å². The van der Waals surface area contributed by atoms with Gasteiger partial charge in [-0.2, -0.15) is 11.8 Å². The minimum Gasteiger partial charge on any atom is -0.337 e. The summed E-state index contributed by atoms with van der Waals surface area (Å²) >= 11 is 1.87. The number of nitrogens with one attached hydrogen (secondary N) is 1. The summed E-state index contributed by atoms with van der Waals surface area (Å²) in [5.74, 6) is 2.34. The second-order valence-corrected chi connectivity index (χ2v) is 5.32. The van der Waals surface area contributed by atoms with E-state index in [9.17, 15) is 4.79 Å². The van der Waals surface area contributed by atoms with Crippen LogP contribution in [0.4, 0.5) is 0 Å². The zero-order valence-electron chi connectivity index (χ0n) is 9.16. The van der Waals surface area contributed by atoms with Crippen molar-refractivity contribution < 1.29 is 4.79 Å². The van der Waals surface area contributed by atoms with Crippen molar-refractivity contribution in [2.45, 2.75) is 19.4 Å². The molecular weight excluding hydrogens is 208 g/mol. The third kappa shape index (κ3) is 2.75. The molecule has 0 radical (unpaired) electrons. The smallest absolute Gasteiger partial charge is 0.240 e. The summed E-state index contributed by atoms with van der Waals surface area (Å²) in [7, 11) is 0. The van der Waals surface area contributed by atoms with Crippen molar-refractivity contribution in [1.29, 1.82) is 0 Å². The highest BCUT2D eigenvalue weighted by Gasteiger charge is 2.26. The first-order chi connectivity index (χ1) is 7.27. The maximum atomic E-state index is 12.1. The number of nitrogens with zero attached hydrogens (tertiary/aromatic N) is 1. The van der Waals surface area contributed by atoms with E-state index < -0.39 is 0 Å². The quantitative estimate of drug-likeness (QED) is 0.673. The Labute approximate surface area is 95.3 Å². The topological polar surface area (TPSA) is 32.3 Å². The van der Waals surface area contributed by atoms with Crippen LogP contribution in [0.5, 0.6) is 0 Å². The van der Waals surface area contributed by atoms with Crippen molar-refractivity contribution in [3.63, 3.8) is 0 Å². The molecule has 0 aromatic heterocycles. The molecule has 1 amide bonds. The second-order valence-electron chi connectivity index (χ2n) is 4.17. The molecule has 0 aromatic rings. The van der Waals surface area contributed by atoms with Gasteiger partial charge in [-0.1, -0.05) is 11.6 Å². The van der Waals surface area contributed by atoms with Crippen molar-refractivity contribution >= 4 is 17.7 Å². The predicted molar refractivity (Wildman–Crippen MR) is 64.1 cm³/mol. The molecule has 84 valence electrons. The molecule has 2 aliphatic heterocycles. The standard InChI is InChI=1S/C11H18N2OS/c1-9-2-5-13(6-3-9)11(14)10-8-15-7-4-12-10/h2,10,12H,3-8H2,1H3. The Bertz CT molecular complexity index is 272. The highest BCUT2D eigenvalue weighted by molar-refractivity contribution is 7.99. The molecule has 0 aliphatic carbocycles. The second kappa shape index (κ2) is 5.03. The van der Waals surface area contributed by atoms with Crippen LogP contribution >= 0.6 is 11.8 Å². The van der Waals surface area contributed by atoms with Crippen LogP contribution in [0.2, 0.25) is 0 Å². The molecule has 15 heavy (non-hydrogen) atoms. The van der Waals surface area contributed by atoms with Gasteiger partial charge in [0.25, 0.3) is 0 Å². The SMILES string of the molecule is CC1=CCN(C(=O)C2CSCCN2)CC1. The summed E-state index contributed by atoms with van der Waals surface area (Å²) in [6, 6.07) is 0.0514. The Hall–Kier alpha value is -0.480. The minimum absolute atomic E-state index is 0.0514. The first kappa shape index (κ1) is 11.0. The monoisotopic (exact) mass is 226 g/mol. The molecule has 0 saturated carbocycles. The fraction of sp³-hybridized carbons (Fsp3) is 0.727. The van der Waals surface area contributed by atoms with E-state index in [4.69, 9.17) is 0 Å². The molecule has 0 bridgehead atoms. The molecule has 1 unspecified atom stereocenters. The number of thioether (sulfide) groups is 1. The number of rotatable bonds is 1. The summed E-state index contributed by atoms with van der Waals surface area (Å²) in [5, 5.41) is 3.29. The number of carbonyl (C=O) groups excluding carboxylic acids is 1. The Morgan fingerprint density at radius 3 is 3.13 bits per heavy atom. The van der Waals surface area contributed by atoms with E-state index in [2.05, 4.69) is 18.3 Å². The van der Waals surface area contributed by atoms with Crippen LogP contribution < -0.4 is 5.32 Å². The Balaban J connectivity index is 1.90. The van der Waals surface area contributed by atoms with Crippen LogP contribution in [0, 0.1) is 0 Å². The zero-order valence-corrected chi connectivity index (χ0v) is 9.98. The van der Waals surface area contributed by atoms with E-state index in [1.54, 1.807) is 0 Å².